The Kier molecular flexibility index (Phi) is 3.68. The van der Waals surface area contributed by atoms with E-state index in [1.807, 2.05) is 24.3 Å². The maximum Gasteiger partial charge on any atom is 0.228 e. The van der Waals surface area contributed by atoms with Gasteiger partial charge in [-0.2, -0.15) is 0 Å². The van der Waals surface area contributed by atoms with E-state index in [0.29, 0.717) is 17.1 Å². The molecule has 2 amide bonds. The monoisotopic (exact) mass is 338 g/mol. The minimum absolute atomic E-state index is 0.0323. The number of halogens is 1. The fraction of sp³-hybridized carbons (Fsp3) is 0.167. The van der Waals surface area contributed by atoms with Crippen LogP contribution < -0.4 is 10.6 Å². The number of carbonyl (C=O) groups is 2. The summed E-state index contributed by atoms with van der Waals surface area (Å²) in [5.74, 6) is -1.06. The third kappa shape index (κ3) is 2.96. The molecule has 3 aromatic rings. The highest BCUT2D eigenvalue weighted by molar-refractivity contribution is 6.01. The summed E-state index contributed by atoms with van der Waals surface area (Å²) in [6, 6.07) is 11.6. The summed E-state index contributed by atoms with van der Waals surface area (Å²) in [7, 11) is 0. The largest absolute Gasteiger partial charge is 0.348 e. The molecule has 2 heterocycles. The van der Waals surface area contributed by atoms with E-state index in [1.54, 1.807) is 0 Å². The van der Waals surface area contributed by atoms with E-state index in [4.69, 9.17) is 0 Å². The lowest BCUT2D eigenvalue weighted by Crippen LogP contribution is -2.35. The Labute approximate surface area is 142 Å². The second kappa shape index (κ2) is 6.01. The first-order valence-electron chi connectivity index (χ1n) is 7.91. The van der Waals surface area contributed by atoms with Gasteiger partial charge in [0.05, 0.1) is 23.5 Å². The van der Waals surface area contributed by atoms with E-state index >= 15 is 0 Å². The molecule has 0 radical (unpaired) electrons. The van der Waals surface area contributed by atoms with Crippen molar-refractivity contribution >= 4 is 28.5 Å². The van der Waals surface area contributed by atoms with Crippen molar-refractivity contribution in [2.45, 2.75) is 18.9 Å². The van der Waals surface area contributed by atoms with Crippen LogP contribution in [0.15, 0.2) is 42.5 Å². The summed E-state index contributed by atoms with van der Waals surface area (Å²) in [6.07, 6.45) is 0.0323. The van der Waals surface area contributed by atoms with Crippen LogP contribution in [0.5, 0.6) is 0 Å². The van der Waals surface area contributed by atoms with Gasteiger partial charge in [0.15, 0.2) is 0 Å². The number of para-hydroxylation sites is 2. The van der Waals surface area contributed by atoms with Crippen molar-refractivity contribution in [2.75, 3.05) is 5.32 Å². The van der Waals surface area contributed by atoms with Crippen molar-refractivity contribution in [1.29, 1.82) is 0 Å². The van der Waals surface area contributed by atoms with Gasteiger partial charge in [-0.1, -0.05) is 18.2 Å². The lowest BCUT2D eigenvalue weighted by Gasteiger charge is -2.24. The molecule has 1 aliphatic heterocycles. The van der Waals surface area contributed by atoms with Gasteiger partial charge in [0.2, 0.25) is 11.8 Å². The van der Waals surface area contributed by atoms with Crippen LogP contribution in [0.4, 0.5) is 10.1 Å². The lowest BCUT2D eigenvalue weighted by molar-refractivity contribution is -0.126. The minimum Gasteiger partial charge on any atom is -0.348 e. The van der Waals surface area contributed by atoms with Crippen molar-refractivity contribution in [3.8, 4) is 0 Å². The number of hydrogen-bond donors (Lipinski definition) is 3. The summed E-state index contributed by atoms with van der Waals surface area (Å²) in [5, 5.41) is 5.40. The molecule has 4 rings (SSSR count). The van der Waals surface area contributed by atoms with E-state index in [-0.39, 0.29) is 24.8 Å². The predicted molar refractivity (Wildman–Crippen MR) is 90.3 cm³/mol. The Balaban J connectivity index is 1.52. The average Bonchev–Trinajstić information content (AvgIpc) is 3.01. The lowest BCUT2D eigenvalue weighted by atomic mass is 9.89. The van der Waals surface area contributed by atoms with Crippen molar-refractivity contribution in [2.24, 2.45) is 0 Å². The van der Waals surface area contributed by atoms with E-state index in [0.717, 1.165) is 11.0 Å². The van der Waals surface area contributed by atoms with E-state index in [9.17, 15) is 14.0 Å². The molecule has 1 atom stereocenters. The third-order valence-corrected chi connectivity index (χ3v) is 4.24. The van der Waals surface area contributed by atoms with Gasteiger partial charge in [0.25, 0.3) is 0 Å². The van der Waals surface area contributed by atoms with E-state index < -0.39 is 11.7 Å². The summed E-state index contributed by atoms with van der Waals surface area (Å²) in [6.45, 7) is 0.224. The molecule has 25 heavy (non-hydrogen) atoms. The number of fused-ring (bicyclic) bond motifs is 2. The Morgan fingerprint density at radius 2 is 2.12 bits per heavy atom. The van der Waals surface area contributed by atoms with Crippen molar-refractivity contribution in [3.63, 3.8) is 0 Å². The first-order valence-corrected chi connectivity index (χ1v) is 7.91. The second-order valence-corrected chi connectivity index (χ2v) is 5.95. The molecule has 1 unspecified atom stereocenters. The normalized spacial score (nSPS) is 16.4. The molecular formula is C18H15FN4O2. The second-order valence-electron chi connectivity index (χ2n) is 5.95. The van der Waals surface area contributed by atoms with Crippen molar-refractivity contribution < 1.29 is 14.0 Å². The summed E-state index contributed by atoms with van der Waals surface area (Å²) >= 11 is 0. The fourth-order valence-electron chi connectivity index (χ4n) is 3.05. The van der Waals surface area contributed by atoms with Crippen LogP contribution >= 0.6 is 0 Å². The Morgan fingerprint density at radius 3 is 2.96 bits per heavy atom. The SMILES string of the molecule is O=C1CC(C(=O)NCc2nc3ccccc3[nH]2)c2ccc(F)cc2N1. The zero-order valence-corrected chi connectivity index (χ0v) is 13.2. The molecule has 1 aromatic heterocycles. The number of amides is 2. The molecule has 0 saturated heterocycles. The number of anilines is 1. The molecule has 6 nitrogen and oxygen atoms in total. The number of rotatable bonds is 3. The molecular weight excluding hydrogens is 323 g/mol. The molecule has 0 bridgehead atoms. The predicted octanol–water partition coefficient (Wildman–Crippen LogP) is 2.44. The molecule has 1 aliphatic rings. The topological polar surface area (TPSA) is 86.9 Å². The molecule has 3 N–H and O–H groups in total. The van der Waals surface area contributed by atoms with Crippen LogP contribution in [0.1, 0.15) is 23.7 Å². The van der Waals surface area contributed by atoms with E-state index in [1.165, 1.54) is 18.2 Å². The number of nitrogens with zero attached hydrogens (tertiary/aromatic N) is 1. The highest BCUT2D eigenvalue weighted by Crippen LogP contribution is 2.32. The number of aromatic amines is 1. The molecule has 7 heteroatoms. The smallest absolute Gasteiger partial charge is 0.228 e. The van der Waals surface area contributed by atoms with Crippen LogP contribution in [-0.2, 0) is 16.1 Å². The Hall–Kier alpha value is -3.22. The van der Waals surface area contributed by atoms with Gasteiger partial charge < -0.3 is 15.6 Å². The zero-order chi connectivity index (χ0) is 17.4. The molecule has 0 aliphatic carbocycles. The summed E-state index contributed by atoms with van der Waals surface area (Å²) < 4.78 is 13.4. The number of aromatic nitrogens is 2. The number of carbonyl (C=O) groups excluding carboxylic acids is 2. The van der Waals surface area contributed by atoms with Gasteiger partial charge >= 0.3 is 0 Å². The number of nitrogens with one attached hydrogen (secondary N) is 3. The summed E-state index contributed by atoms with van der Waals surface area (Å²) in [4.78, 5) is 31.9. The van der Waals surface area contributed by atoms with Crippen LogP contribution in [0.2, 0.25) is 0 Å². The van der Waals surface area contributed by atoms with Crippen molar-refractivity contribution in [1.82, 2.24) is 15.3 Å². The Bertz CT molecular complexity index is 949. The zero-order valence-electron chi connectivity index (χ0n) is 13.2. The Morgan fingerprint density at radius 1 is 1.28 bits per heavy atom. The van der Waals surface area contributed by atoms with Gasteiger partial charge in [0.1, 0.15) is 11.6 Å². The molecule has 126 valence electrons. The molecule has 0 fully saturated rings. The van der Waals surface area contributed by atoms with E-state index in [2.05, 4.69) is 20.6 Å². The highest BCUT2D eigenvalue weighted by Gasteiger charge is 2.30. The van der Waals surface area contributed by atoms with Crippen LogP contribution in [0.3, 0.4) is 0 Å². The average molecular weight is 338 g/mol. The first-order chi connectivity index (χ1) is 12.1. The standard InChI is InChI=1S/C18H15FN4O2/c19-10-5-6-11-12(8-17(24)23-15(11)7-10)18(25)20-9-16-21-13-3-1-2-4-14(13)22-16/h1-7,12H,8-9H2,(H,20,25)(H,21,22)(H,23,24). The summed E-state index contributed by atoms with van der Waals surface area (Å²) in [5.41, 5.74) is 2.68. The van der Waals surface area contributed by atoms with Gasteiger partial charge in [-0.05, 0) is 29.8 Å². The maximum absolute atomic E-state index is 13.4. The quantitative estimate of drug-likeness (QED) is 0.685. The number of imidazole rings is 1. The minimum atomic E-state index is -0.645. The van der Waals surface area contributed by atoms with Gasteiger partial charge in [-0.25, -0.2) is 9.37 Å². The number of benzene rings is 2. The van der Waals surface area contributed by atoms with Crippen LogP contribution in [-0.4, -0.2) is 21.8 Å². The first kappa shape index (κ1) is 15.3. The third-order valence-electron chi connectivity index (χ3n) is 4.24. The fourth-order valence-corrected chi connectivity index (χ4v) is 3.05. The van der Waals surface area contributed by atoms with Crippen LogP contribution in [0.25, 0.3) is 11.0 Å². The van der Waals surface area contributed by atoms with Gasteiger partial charge in [-0.15, -0.1) is 0 Å². The molecule has 2 aromatic carbocycles. The molecule has 0 saturated carbocycles. The molecule has 0 spiro atoms. The number of H-pyrrole nitrogens is 1. The highest BCUT2D eigenvalue weighted by atomic mass is 19.1. The van der Waals surface area contributed by atoms with Gasteiger partial charge in [0, 0.05) is 12.1 Å². The van der Waals surface area contributed by atoms with Crippen molar-refractivity contribution in [3.05, 3.63) is 59.7 Å². The maximum atomic E-state index is 13.4. The number of hydrogen-bond acceptors (Lipinski definition) is 3. The van der Waals surface area contributed by atoms with Crippen LogP contribution in [0, 0.1) is 5.82 Å². The van der Waals surface area contributed by atoms with Gasteiger partial charge in [-0.3, -0.25) is 9.59 Å².